The monoisotopic (exact) mass is 490 g/mol. The molecule has 0 aromatic heterocycles. The van der Waals surface area contributed by atoms with Crippen molar-refractivity contribution in [2.75, 3.05) is 16.4 Å². The minimum atomic E-state index is -4.69. The van der Waals surface area contributed by atoms with E-state index in [1.54, 1.807) is 24.3 Å². The third kappa shape index (κ3) is 4.39. The van der Waals surface area contributed by atoms with Crippen molar-refractivity contribution in [1.29, 1.82) is 0 Å². The molecule has 3 amide bonds. The van der Waals surface area contributed by atoms with Gasteiger partial charge in [0.25, 0.3) is 15.9 Å². The Morgan fingerprint density at radius 2 is 1.71 bits per heavy atom. The number of nitrogens with zero attached hydrogens (tertiary/aromatic N) is 1. The molecule has 0 bridgehead atoms. The zero-order valence-electron chi connectivity index (χ0n) is 17.3. The number of carbonyl (C=O) groups excluding carboxylic acids is 2. The highest BCUT2D eigenvalue weighted by atomic mass is 32.2. The van der Waals surface area contributed by atoms with Gasteiger partial charge in [-0.2, -0.15) is 13.2 Å². The lowest BCUT2D eigenvalue weighted by atomic mass is 10.1. The van der Waals surface area contributed by atoms with Crippen LogP contribution in [0.3, 0.4) is 0 Å². The van der Waals surface area contributed by atoms with Crippen LogP contribution in [-0.4, -0.2) is 24.7 Å². The van der Waals surface area contributed by atoms with E-state index in [1.807, 2.05) is 0 Å². The average molecular weight is 490 g/mol. The molecule has 0 spiro atoms. The van der Waals surface area contributed by atoms with Gasteiger partial charge < -0.3 is 16.4 Å². The predicted molar refractivity (Wildman–Crippen MR) is 118 cm³/mol. The van der Waals surface area contributed by atoms with Crippen molar-refractivity contribution in [2.45, 2.75) is 17.6 Å². The minimum absolute atomic E-state index is 0.267. The van der Waals surface area contributed by atoms with Gasteiger partial charge in [0.1, 0.15) is 4.90 Å². The molecule has 4 N–H and O–H groups in total. The molecule has 3 aromatic carbocycles. The lowest BCUT2D eigenvalue weighted by molar-refractivity contribution is -0.137. The number of nitrogens with two attached hydrogens (primary N) is 1. The lowest BCUT2D eigenvalue weighted by Crippen LogP contribution is -2.43. The van der Waals surface area contributed by atoms with E-state index in [-0.39, 0.29) is 12.1 Å². The van der Waals surface area contributed by atoms with Gasteiger partial charge in [-0.1, -0.05) is 24.3 Å². The maximum atomic E-state index is 12.9. The Morgan fingerprint density at radius 1 is 1.03 bits per heavy atom. The Balaban J connectivity index is 1.53. The highest BCUT2D eigenvalue weighted by Gasteiger charge is 2.39. The van der Waals surface area contributed by atoms with Crippen LogP contribution in [0, 0.1) is 0 Å². The zero-order valence-corrected chi connectivity index (χ0v) is 18.1. The normalized spacial score (nSPS) is 14.8. The van der Waals surface area contributed by atoms with Gasteiger partial charge in [0.15, 0.2) is 0 Å². The van der Waals surface area contributed by atoms with Gasteiger partial charge in [0.05, 0.1) is 29.2 Å². The zero-order chi connectivity index (χ0) is 24.7. The van der Waals surface area contributed by atoms with Crippen LogP contribution in [0.15, 0.2) is 71.6 Å². The Kier molecular flexibility index (Phi) is 5.69. The fourth-order valence-electron chi connectivity index (χ4n) is 3.32. The molecule has 0 fully saturated rings. The summed E-state index contributed by atoms with van der Waals surface area (Å²) in [6, 6.07) is 13.5. The van der Waals surface area contributed by atoms with Crippen molar-refractivity contribution in [1.82, 2.24) is 4.31 Å². The number of anilines is 3. The summed E-state index contributed by atoms with van der Waals surface area (Å²) in [7, 11) is -4.40. The number of rotatable bonds is 4. The first-order valence-corrected chi connectivity index (χ1v) is 11.2. The predicted octanol–water partition coefficient (Wildman–Crippen LogP) is 4.28. The fourth-order valence-corrected chi connectivity index (χ4v) is 4.77. The van der Waals surface area contributed by atoms with Crippen molar-refractivity contribution < 1.29 is 31.2 Å². The van der Waals surface area contributed by atoms with Gasteiger partial charge >= 0.3 is 12.2 Å². The molecule has 1 aliphatic heterocycles. The van der Waals surface area contributed by atoms with Crippen LogP contribution in [-0.2, 0) is 22.7 Å². The molecule has 0 aliphatic carbocycles. The van der Waals surface area contributed by atoms with Crippen molar-refractivity contribution in [3.63, 3.8) is 0 Å². The molecule has 8 nitrogen and oxygen atoms in total. The summed E-state index contributed by atoms with van der Waals surface area (Å²) in [6.45, 7) is -0.387. The summed E-state index contributed by atoms with van der Waals surface area (Å²) in [5.74, 6) is -0.442. The number of carbonyl (C=O) groups is 2. The topological polar surface area (TPSA) is 122 Å². The third-order valence-corrected chi connectivity index (χ3v) is 6.88. The first kappa shape index (κ1) is 23.1. The number of nitrogen functional groups attached to an aromatic ring is 1. The SMILES string of the molecule is Nc1ccccc1NC(=O)c1ccc(CN2C(=O)Nc3cc(C(F)(F)F)ccc3S2(=O)=O)cc1. The maximum Gasteiger partial charge on any atom is 0.416 e. The second-order valence-electron chi connectivity index (χ2n) is 7.39. The number of alkyl halides is 3. The average Bonchev–Trinajstić information content (AvgIpc) is 2.77. The van der Waals surface area contributed by atoms with Crippen molar-refractivity contribution in [3.8, 4) is 0 Å². The molecular formula is C22H17F3N4O4S. The second kappa shape index (κ2) is 8.37. The van der Waals surface area contributed by atoms with E-state index in [0.717, 1.165) is 6.07 Å². The Labute approximate surface area is 192 Å². The highest BCUT2D eigenvalue weighted by molar-refractivity contribution is 7.90. The molecule has 34 heavy (non-hydrogen) atoms. The van der Waals surface area contributed by atoms with Crippen LogP contribution >= 0.6 is 0 Å². The number of benzene rings is 3. The molecule has 0 saturated carbocycles. The summed E-state index contributed by atoms with van der Waals surface area (Å²) < 4.78 is 65.1. The molecular weight excluding hydrogens is 473 g/mol. The van der Waals surface area contributed by atoms with E-state index in [0.29, 0.717) is 33.4 Å². The first-order valence-electron chi connectivity index (χ1n) is 9.76. The molecule has 1 aliphatic rings. The number of fused-ring (bicyclic) bond motifs is 1. The molecule has 0 radical (unpaired) electrons. The number of urea groups is 1. The number of halogens is 3. The standard InChI is InChI=1S/C22H17F3N4O4S/c23-22(24,25)15-9-10-19-18(11-15)28-21(31)29(34(19,32)33)12-13-5-7-14(8-6-13)20(30)27-17-4-2-1-3-16(17)26/h1-11H,12,26H2,(H,27,30)(H,28,31). The van der Waals surface area contributed by atoms with E-state index in [4.69, 9.17) is 5.73 Å². The van der Waals surface area contributed by atoms with Crippen LogP contribution in [0.4, 0.5) is 35.0 Å². The third-order valence-electron chi connectivity index (χ3n) is 5.09. The van der Waals surface area contributed by atoms with Gasteiger partial charge in [0, 0.05) is 5.56 Å². The largest absolute Gasteiger partial charge is 0.416 e. The second-order valence-corrected chi connectivity index (χ2v) is 9.22. The minimum Gasteiger partial charge on any atom is -0.397 e. The van der Waals surface area contributed by atoms with Crippen LogP contribution in [0.1, 0.15) is 21.5 Å². The Morgan fingerprint density at radius 3 is 2.35 bits per heavy atom. The van der Waals surface area contributed by atoms with Crippen molar-refractivity contribution >= 4 is 39.0 Å². The van der Waals surface area contributed by atoms with E-state index >= 15 is 0 Å². The van der Waals surface area contributed by atoms with Crippen LogP contribution in [0.25, 0.3) is 0 Å². The van der Waals surface area contributed by atoms with Crippen LogP contribution in [0.5, 0.6) is 0 Å². The molecule has 3 aromatic rings. The molecule has 176 valence electrons. The van der Waals surface area contributed by atoms with E-state index in [9.17, 15) is 31.2 Å². The number of hydrogen-bond donors (Lipinski definition) is 3. The van der Waals surface area contributed by atoms with E-state index in [1.165, 1.54) is 24.3 Å². The van der Waals surface area contributed by atoms with E-state index in [2.05, 4.69) is 10.6 Å². The lowest BCUT2D eigenvalue weighted by Gasteiger charge is -2.29. The quantitative estimate of drug-likeness (QED) is 0.472. The number of para-hydroxylation sites is 2. The molecule has 1 heterocycles. The van der Waals surface area contributed by atoms with Gasteiger partial charge in [-0.15, -0.1) is 0 Å². The van der Waals surface area contributed by atoms with Gasteiger partial charge in [-0.05, 0) is 48.0 Å². The molecule has 0 saturated heterocycles. The smallest absolute Gasteiger partial charge is 0.397 e. The Bertz CT molecular complexity index is 1390. The summed E-state index contributed by atoms with van der Waals surface area (Å²) in [6.07, 6.45) is -4.69. The summed E-state index contributed by atoms with van der Waals surface area (Å²) in [5.41, 5.74) is 5.75. The maximum absolute atomic E-state index is 12.9. The number of amides is 3. The number of hydrogen-bond acceptors (Lipinski definition) is 5. The molecule has 0 unspecified atom stereocenters. The molecule has 4 rings (SSSR count). The summed E-state index contributed by atoms with van der Waals surface area (Å²) in [5, 5.41) is 4.85. The van der Waals surface area contributed by atoms with Crippen LogP contribution < -0.4 is 16.4 Å². The highest BCUT2D eigenvalue weighted by Crippen LogP contribution is 2.37. The van der Waals surface area contributed by atoms with Gasteiger partial charge in [-0.25, -0.2) is 17.5 Å². The van der Waals surface area contributed by atoms with Crippen LogP contribution in [0.2, 0.25) is 0 Å². The van der Waals surface area contributed by atoms with Crippen molar-refractivity contribution in [3.05, 3.63) is 83.4 Å². The van der Waals surface area contributed by atoms with Gasteiger partial charge in [0.2, 0.25) is 0 Å². The summed E-state index contributed by atoms with van der Waals surface area (Å²) >= 11 is 0. The molecule has 12 heteroatoms. The first-order chi connectivity index (χ1) is 16.0. The molecule has 0 atom stereocenters. The summed E-state index contributed by atoms with van der Waals surface area (Å²) in [4.78, 5) is 24.4. The van der Waals surface area contributed by atoms with E-state index < -0.39 is 44.3 Å². The number of nitrogens with one attached hydrogen (secondary N) is 2. The fraction of sp³-hybridized carbons (Fsp3) is 0.0909. The Hall–Kier alpha value is -4.06. The van der Waals surface area contributed by atoms with Crippen molar-refractivity contribution in [2.24, 2.45) is 0 Å². The number of sulfonamides is 1. The van der Waals surface area contributed by atoms with Gasteiger partial charge in [-0.3, -0.25) is 4.79 Å².